The molecule has 0 heterocycles. The molecule has 0 amide bonds. The van der Waals surface area contributed by atoms with Crippen molar-refractivity contribution in [3.63, 3.8) is 0 Å². The zero-order valence-corrected chi connectivity index (χ0v) is 12.2. The molecule has 0 aromatic heterocycles. The van der Waals surface area contributed by atoms with E-state index in [1.165, 1.54) is 0 Å². The number of hydrogen-bond acceptors (Lipinski definition) is 4. The van der Waals surface area contributed by atoms with Crippen molar-refractivity contribution in [1.29, 1.82) is 0 Å². The molecule has 0 saturated heterocycles. The van der Waals surface area contributed by atoms with Crippen molar-refractivity contribution < 1.29 is 9.47 Å². The van der Waals surface area contributed by atoms with Crippen LogP contribution in [0.1, 0.15) is 37.7 Å². The maximum Gasteiger partial charge on any atom is 0.126 e. The van der Waals surface area contributed by atoms with Crippen molar-refractivity contribution in [3.05, 3.63) is 23.8 Å². The molecule has 0 saturated carbocycles. The highest BCUT2D eigenvalue weighted by atomic mass is 16.5. The van der Waals surface area contributed by atoms with Gasteiger partial charge >= 0.3 is 0 Å². The van der Waals surface area contributed by atoms with E-state index in [2.05, 4.69) is 6.92 Å². The van der Waals surface area contributed by atoms with Crippen LogP contribution in [0, 0.1) is 0 Å². The topological polar surface area (TPSA) is 70.5 Å². The molecule has 0 aliphatic carbocycles. The zero-order valence-electron chi connectivity index (χ0n) is 12.2. The molecule has 1 aromatic rings. The van der Waals surface area contributed by atoms with Crippen molar-refractivity contribution in [2.45, 2.75) is 38.1 Å². The zero-order chi connectivity index (χ0) is 14.3. The van der Waals surface area contributed by atoms with Gasteiger partial charge in [0.1, 0.15) is 11.5 Å². The Morgan fingerprint density at radius 3 is 2.47 bits per heavy atom. The second-order valence-electron chi connectivity index (χ2n) is 4.76. The lowest BCUT2D eigenvalue weighted by molar-refractivity contribution is 0.382. The Morgan fingerprint density at radius 2 is 1.95 bits per heavy atom. The Balaban J connectivity index is 2.96. The van der Waals surface area contributed by atoms with Crippen molar-refractivity contribution in [1.82, 2.24) is 0 Å². The molecule has 19 heavy (non-hydrogen) atoms. The largest absolute Gasteiger partial charge is 0.497 e. The van der Waals surface area contributed by atoms with E-state index in [4.69, 9.17) is 20.9 Å². The highest BCUT2D eigenvalue weighted by Crippen LogP contribution is 2.32. The summed E-state index contributed by atoms with van der Waals surface area (Å²) in [7, 11) is 3.30. The molecule has 0 radical (unpaired) electrons. The summed E-state index contributed by atoms with van der Waals surface area (Å²) < 4.78 is 10.6. The molecule has 0 fully saturated rings. The number of nitrogens with two attached hydrogens (primary N) is 2. The van der Waals surface area contributed by atoms with Gasteiger partial charge in [-0.2, -0.15) is 0 Å². The first-order valence-electron chi connectivity index (χ1n) is 6.85. The third-order valence-corrected chi connectivity index (χ3v) is 3.50. The number of ether oxygens (including phenoxy) is 2. The predicted molar refractivity (Wildman–Crippen MR) is 78.8 cm³/mol. The van der Waals surface area contributed by atoms with E-state index in [9.17, 15) is 0 Å². The molecule has 0 bridgehead atoms. The lowest BCUT2D eigenvalue weighted by Crippen LogP contribution is -2.33. The molecular weight excluding hydrogens is 240 g/mol. The molecule has 4 N–H and O–H groups in total. The van der Waals surface area contributed by atoms with Gasteiger partial charge in [0.05, 0.1) is 14.2 Å². The van der Waals surface area contributed by atoms with E-state index in [1.807, 2.05) is 18.2 Å². The van der Waals surface area contributed by atoms with E-state index < -0.39 is 0 Å². The van der Waals surface area contributed by atoms with E-state index in [0.717, 1.165) is 36.3 Å². The number of hydrogen-bond donors (Lipinski definition) is 2. The molecule has 2 unspecified atom stereocenters. The average molecular weight is 266 g/mol. The summed E-state index contributed by atoms with van der Waals surface area (Å²) >= 11 is 0. The molecule has 2 atom stereocenters. The lowest BCUT2D eigenvalue weighted by atomic mass is 9.88. The van der Waals surface area contributed by atoms with Crippen LogP contribution in [0.4, 0.5) is 0 Å². The summed E-state index contributed by atoms with van der Waals surface area (Å²) in [4.78, 5) is 0. The lowest BCUT2D eigenvalue weighted by Gasteiger charge is -2.24. The molecule has 4 heteroatoms. The van der Waals surface area contributed by atoms with Gasteiger partial charge in [-0.15, -0.1) is 0 Å². The number of methoxy groups -OCH3 is 2. The summed E-state index contributed by atoms with van der Waals surface area (Å²) in [6.07, 6.45) is 3.24. The van der Waals surface area contributed by atoms with E-state index in [1.54, 1.807) is 14.2 Å². The fourth-order valence-corrected chi connectivity index (χ4v) is 2.30. The Labute approximate surface area is 116 Å². The summed E-state index contributed by atoms with van der Waals surface area (Å²) in [5.74, 6) is 1.69. The van der Waals surface area contributed by atoms with Crippen molar-refractivity contribution >= 4 is 0 Å². The SMILES string of the molecule is CCCCC(N)C(CN)c1ccc(OC)cc1OC. The van der Waals surface area contributed by atoms with Crippen LogP contribution in [0.25, 0.3) is 0 Å². The predicted octanol–water partition coefficient (Wildman–Crippen LogP) is 2.26. The maximum atomic E-state index is 6.27. The second-order valence-corrected chi connectivity index (χ2v) is 4.76. The van der Waals surface area contributed by atoms with Crippen molar-refractivity contribution in [2.24, 2.45) is 11.5 Å². The molecule has 1 rings (SSSR count). The highest BCUT2D eigenvalue weighted by molar-refractivity contribution is 5.43. The van der Waals surface area contributed by atoms with Crippen LogP contribution in [-0.2, 0) is 0 Å². The van der Waals surface area contributed by atoms with Crippen LogP contribution in [0.5, 0.6) is 11.5 Å². The first kappa shape index (κ1) is 15.8. The third-order valence-electron chi connectivity index (χ3n) is 3.50. The monoisotopic (exact) mass is 266 g/mol. The van der Waals surface area contributed by atoms with Gasteiger partial charge in [0.2, 0.25) is 0 Å². The van der Waals surface area contributed by atoms with Gasteiger partial charge in [-0.05, 0) is 12.5 Å². The minimum Gasteiger partial charge on any atom is -0.497 e. The van der Waals surface area contributed by atoms with Gasteiger partial charge in [-0.3, -0.25) is 0 Å². The average Bonchev–Trinajstić information content (AvgIpc) is 2.46. The third kappa shape index (κ3) is 4.11. The van der Waals surface area contributed by atoms with Crippen LogP contribution >= 0.6 is 0 Å². The number of unbranched alkanes of at least 4 members (excludes halogenated alkanes) is 1. The smallest absolute Gasteiger partial charge is 0.126 e. The van der Waals surface area contributed by atoms with Gasteiger partial charge in [0.25, 0.3) is 0 Å². The molecule has 1 aromatic carbocycles. The normalized spacial score (nSPS) is 13.9. The summed E-state index contributed by atoms with van der Waals surface area (Å²) in [5.41, 5.74) is 13.2. The van der Waals surface area contributed by atoms with Gasteiger partial charge in [0.15, 0.2) is 0 Å². The van der Waals surface area contributed by atoms with Crippen LogP contribution in [-0.4, -0.2) is 26.8 Å². The van der Waals surface area contributed by atoms with E-state index in [0.29, 0.717) is 6.54 Å². The number of rotatable bonds is 8. The minimum absolute atomic E-state index is 0.0623. The first-order valence-corrected chi connectivity index (χ1v) is 6.85. The van der Waals surface area contributed by atoms with Crippen molar-refractivity contribution in [3.8, 4) is 11.5 Å². The Bertz CT molecular complexity index is 382. The highest BCUT2D eigenvalue weighted by Gasteiger charge is 2.21. The van der Waals surface area contributed by atoms with Gasteiger partial charge in [0, 0.05) is 30.1 Å². The summed E-state index contributed by atoms with van der Waals surface area (Å²) in [6.45, 7) is 2.69. The molecule has 0 spiro atoms. The molecule has 4 nitrogen and oxygen atoms in total. The van der Waals surface area contributed by atoms with Crippen LogP contribution in [0.3, 0.4) is 0 Å². The second kappa shape index (κ2) is 8.02. The summed E-state index contributed by atoms with van der Waals surface area (Å²) in [5, 5.41) is 0. The molecule has 0 aliphatic heterocycles. The van der Waals surface area contributed by atoms with Gasteiger partial charge in [-0.1, -0.05) is 25.8 Å². The van der Waals surface area contributed by atoms with Gasteiger partial charge < -0.3 is 20.9 Å². The molecular formula is C15H26N2O2. The standard InChI is InChI=1S/C15H26N2O2/c1-4-5-6-14(17)13(10-16)12-8-7-11(18-2)9-15(12)19-3/h7-9,13-14H,4-6,10,16-17H2,1-3H3. The maximum absolute atomic E-state index is 6.27. The van der Waals surface area contributed by atoms with E-state index in [-0.39, 0.29) is 12.0 Å². The van der Waals surface area contributed by atoms with Crippen molar-refractivity contribution in [2.75, 3.05) is 20.8 Å². The summed E-state index contributed by atoms with van der Waals surface area (Å²) in [6, 6.07) is 5.87. The molecule has 0 aliphatic rings. The van der Waals surface area contributed by atoms with Crippen LogP contribution < -0.4 is 20.9 Å². The quantitative estimate of drug-likeness (QED) is 0.757. The number of benzene rings is 1. The van der Waals surface area contributed by atoms with E-state index >= 15 is 0 Å². The first-order chi connectivity index (χ1) is 9.17. The fraction of sp³-hybridized carbons (Fsp3) is 0.600. The minimum atomic E-state index is 0.0623. The fourth-order valence-electron chi connectivity index (χ4n) is 2.30. The molecule has 108 valence electrons. The Kier molecular flexibility index (Phi) is 6.67. The van der Waals surface area contributed by atoms with Crippen LogP contribution in [0.2, 0.25) is 0 Å². The Morgan fingerprint density at radius 1 is 1.21 bits per heavy atom. The van der Waals surface area contributed by atoms with Crippen LogP contribution in [0.15, 0.2) is 18.2 Å². The van der Waals surface area contributed by atoms with Gasteiger partial charge in [-0.25, -0.2) is 0 Å². The Hall–Kier alpha value is -1.26.